The Bertz CT molecular complexity index is 660. The second-order valence-corrected chi connectivity index (χ2v) is 5.21. The van der Waals surface area contributed by atoms with Crippen LogP contribution in [0.3, 0.4) is 0 Å². The Hall–Kier alpha value is -2.09. The minimum Gasteiger partial charge on any atom is -0.366 e. The number of nitrogens with one attached hydrogen (secondary N) is 2. The van der Waals surface area contributed by atoms with Crippen LogP contribution in [0.5, 0.6) is 0 Å². The van der Waals surface area contributed by atoms with E-state index in [0.29, 0.717) is 5.82 Å². The van der Waals surface area contributed by atoms with Crippen molar-refractivity contribution in [3.8, 4) is 0 Å². The fourth-order valence-corrected chi connectivity index (χ4v) is 1.87. The van der Waals surface area contributed by atoms with E-state index >= 15 is 0 Å². The monoisotopic (exact) mass is 331 g/mol. The third-order valence-electron chi connectivity index (χ3n) is 2.53. The molecule has 0 unspecified atom stereocenters. The summed E-state index contributed by atoms with van der Waals surface area (Å²) in [5, 5.41) is 12.9. The van der Waals surface area contributed by atoms with Crippen molar-refractivity contribution in [3.05, 3.63) is 35.0 Å². The Morgan fingerprint density at radius 1 is 1.23 bits per heavy atom. The van der Waals surface area contributed by atoms with Crippen molar-refractivity contribution in [2.75, 3.05) is 10.6 Å². The van der Waals surface area contributed by atoms with Crippen molar-refractivity contribution in [1.82, 2.24) is 15.2 Å². The minimum absolute atomic E-state index is 0.00727. The van der Waals surface area contributed by atoms with Crippen LogP contribution >= 0.6 is 11.6 Å². The van der Waals surface area contributed by atoms with Gasteiger partial charge in [-0.2, -0.15) is 23.3 Å². The van der Waals surface area contributed by atoms with Crippen LogP contribution in [0, 0.1) is 0 Å². The van der Waals surface area contributed by atoms with Gasteiger partial charge in [-0.15, -0.1) is 5.10 Å². The molecule has 1 aromatic carbocycles. The summed E-state index contributed by atoms with van der Waals surface area (Å²) in [6.07, 6.45) is -3.16. The van der Waals surface area contributed by atoms with Gasteiger partial charge in [-0.05, 0) is 32.0 Å². The van der Waals surface area contributed by atoms with E-state index in [1.165, 1.54) is 18.3 Å². The van der Waals surface area contributed by atoms with E-state index in [-0.39, 0.29) is 22.7 Å². The van der Waals surface area contributed by atoms with E-state index < -0.39 is 11.7 Å². The number of hydrogen-bond acceptors (Lipinski definition) is 5. The van der Waals surface area contributed by atoms with Crippen LogP contribution in [0.1, 0.15) is 19.4 Å². The summed E-state index contributed by atoms with van der Waals surface area (Å²) < 4.78 is 39.0. The number of aromatic nitrogens is 3. The molecule has 118 valence electrons. The summed E-state index contributed by atoms with van der Waals surface area (Å²) in [5.74, 6) is 0.369. The molecule has 0 aliphatic rings. The number of hydrogen-bond donors (Lipinski definition) is 2. The van der Waals surface area contributed by atoms with Crippen LogP contribution in [0.15, 0.2) is 24.4 Å². The molecule has 0 saturated carbocycles. The van der Waals surface area contributed by atoms with Gasteiger partial charge in [-0.25, -0.2) is 0 Å². The molecule has 0 amide bonds. The lowest BCUT2D eigenvalue weighted by Gasteiger charge is -2.14. The maximum absolute atomic E-state index is 13.0. The zero-order valence-electron chi connectivity index (χ0n) is 11.7. The summed E-state index contributed by atoms with van der Waals surface area (Å²) >= 11 is 5.63. The topological polar surface area (TPSA) is 62.7 Å². The van der Waals surface area contributed by atoms with Gasteiger partial charge in [0, 0.05) is 11.1 Å². The maximum Gasteiger partial charge on any atom is 0.418 e. The van der Waals surface area contributed by atoms with E-state index in [9.17, 15) is 13.2 Å². The Balaban J connectivity index is 2.31. The molecule has 0 aliphatic carbocycles. The van der Waals surface area contributed by atoms with Crippen molar-refractivity contribution < 1.29 is 13.2 Å². The van der Waals surface area contributed by atoms with E-state index in [1.54, 1.807) is 0 Å². The number of halogens is 4. The molecule has 22 heavy (non-hydrogen) atoms. The highest BCUT2D eigenvalue weighted by atomic mass is 35.5. The van der Waals surface area contributed by atoms with Gasteiger partial charge < -0.3 is 10.6 Å². The molecule has 0 radical (unpaired) electrons. The summed E-state index contributed by atoms with van der Waals surface area (Å²) in [6.45, 7) is 3.80. The fraction of sp³-hybridized carbons (Fsp3) is 0.308. The molecule has 0 spiro atoms. The van der Waals surface area contributed by atoms with Crippen LogP contribution in [0.25, 0.3) is 0 Å². The zero-order valence-corrected chi connectivity index (χ0v) is 12.5. The molecule has 0 atom stereocenters. The maximum atomic E-state index is 13.0. The van der Waals surface area contributed by atoms with E-state index in [4.69, 9.17) is 11.6 Å². The van der Waals surface area contributed by atoms with Crippen molar-refractivity contribution in [1.29, 1.82) is 0 Å². The Morgan fingerprint density at radius 2 is 1.95 bits per heavy atom. The summed E-state index contributed by atoms with van der Waals surface area (Å²) in [5.41, 5.74) is -1.09. The van der Waals surface area contributed by atoms with Crippen molar-refractivity contribution in [2.45, 2.75) is 26.1 Å². The lowest BCUT2D eigenvalue weighted by atomic mass is 10.1. The zero-order chi connectivity index (χ0) is 16.3. The highest BCUT2D eigenvalue weighted by molar-refractivity contribution is 6.30. The Morgan fingerprint density at radius 3 is 2.59 bits per heavy atom. The average Bonchev–Trinajstić information content (AvgIpc) is 2.39. The lowest BCUT2D eigenvalue weighted by Crippen LogP contribution is -2.13. The molecule has 2 N–H and O–H groups in total. The molecule has 9 heteroatoms. The molecule has 1 aromatic heterocycles. The molecular weight excluding hydrogens is 319 g/mol. The largest absolute Gasteiger partial charge is 0.418 e. The number of alkyl halides is 3. The molecule has 2 aromatic rings. The van der Waals surface area contributed by atoms with Gasteiger partial charge in [-0.1, -0.05) is 11.6 Å². The number of anilines is 3. The fourth-order valence-electron chi connectivity index (χ4n) is 1.70. The summed E-state index contributed by atoms with van der Waals surface area (Å²) in [7, 11) is 0. The number of rotatable bonds is 4. The average molecular weight is 332 g/mol. The first-order valence-corrected chi connectivity index (χ1v) is 6.73. The van der Waals surface area contributed by atoms with Crippen LogP contribution < -0.4 is 10.6 Å². The highest BCUT2D eigenvalue weighted by Gasteiger charge is 2.34. The molecular formula is C13H13ClF3N5. The van der Waals surface area contributed by atoms with Crippen LogP contribution in [-0.4, -0.2) is 21.2 Å². The summed E-state index contributed by atoms with van der Waals surface area (Å²) in [4.78, 5) is 4.06. The molecule has 5 nitrogen and oxygen atoms in total. The predicted octanol–water partition coefficient (Wildman–Crippen LogP) is 4.11. The van der Waals surface area contributed by atoms with Gasteiger partial charge in [0.15, 0.2) is 5.82 Å². The third kappa shape index (κ3) is 4.20. The van der Waals surface area contributed by atoms with Gasteiger partial charge in [0.25, 0.3) is 0 Å². The molecule has 0 fully saturated rings. The van der Waals surface area contributed by atoms with Crippen LogP contribution in [-0.2, 0) is 6.18 Å². The molecule has 0 bridgehead atoms. The van der Waals surface area contributed by atoms with Gasteiger partial charge in [0.1, 0.15) is 0 Å². The molecule has 1 heterocycles. The number of nitrogens with zero attached hydrogens (tertiary/aromatic N) is 3. The van der Waals surface area contributed by atoms with Crippen molar-refractivity contribution >= 4 is 29.1 Å². The summed E-state index contributed by atoms with van der Waals surface area (Å²) in [6, 6.07) is 3.51. The quantitative estimate of drug-likeness (QED) is 0.883. The van der Waals surface area contributed by atoms with E-state index in [1.807, 2.05) is 13.8 Å². The van der Waals surface area contributed by atoms with E-state index in [2.05, 4.69) is 25.8 Å². The second kappa shape index (κ2) is 6.35. The normalized spacial score (nSPS) is 11.6. The van der Waals surface area contributed by atoms with Gasteiger partial charge >= 0.3 is 6.18 Å². The Kier molecular flexibility index (Phi) is 4.70. The van der Waals surface area contributed by atoms with Crippen LogP contribution in [0.4, 0.5) is 30.6 Å². The van der Waals surface area contributed by atoms with Crippen molar-refractivity contribution in [2.24, 2.45) is 0 Å². The highest BCUT2D eigenvalue weighted by Crippen LogP contribution is 2.37. The standard InChI is InChI=1S/C13H13ClF3N5/c1-7(2)19-11-6-18-22-12(21-11)20-10-4-3-8(14)5-9(10)13(15,16)17/h3-7H,1-2H3,(H2,19,20,21,22). The van der Waals surface area contributed by atoms with Gasteiger partial charge in [0.2, 0.25) is 5.95 Å². The second-order valence-electron chi connectivity index (χ2n) is 4.78. The molecule has 2 rings (SSSR count). The predicted molar refractivity (Wildman–Crippen MR) is 78.3 cm³/mol. The van der Waals surface area contributed by atoms with E-state index in [0.717, 1.165) is 6.07 Å². The molecule has 0 saturated heterocycles. The Labute approximate surface area is 129 Å². The SMILES string of the molecule is CC(C)Nc1cnnc(Nc2ccc(Cl)cc2C(F)(F)F)n1. The van der Waals surface area contributed by atoms with Crippen LogP contribution in [0.2, 0.25) is 5.02 Å². The smallest absolute Gasteiger partial charge is 0.366 e. The van der Waals surface area contributed by atoms with Gasteiger partial charge in [0.05, 0.1) is 17.4 Å². The van der Waals surface area contributed by atoms with Crippen molar-refractivity contribution in [3.63, 3.8) is 0 Å². The third-order valence-corrected chi connectivity index (χ3v) is 2.76. The first-order valence-electron chi connectivity index (χ1n) is 6.36. The minimum atomic E-state index is -4.55. The van der Waals surface area contributed by atoms with Gasteiger partial charge in [-0.3, -0.25) is 0 Å². The lowest BCUT2D eigenvalue weighted by molar-refractivity contribution is -0.136. The first-order chi connectivity index (χ1) is 10.3. The first kappa shape index (κ1) is 16.3. The number of benzene rings is 1. The molecule has 0 aliphatic heterocycles.